The summed E-state index contributed by atoms with van der Waals surface area (Å²) in [5.41, 5.74) is 1.98. The molecule has 12 heteroatoms. The third kappa shape index (κ3) is 6.99. The number of benzene rings is 4. The first-order chi connectivity index (χ1) is 23.4. The maximum absolute atomic E-state index is 13.7. The third-order valence-corrected chi connectivity index (χ3v) is 8.76. The molecular weight excluding hydrogens is 646 g/mol. The Morgan fingerprint density at radius 3 is 1.94 bits per heavy atom. The van der Waals surface area contributed by atoms with E-state index in [0.29, 0.717) is 41.5 Å². The number of halogens is 6. The van der Waals surface area contributed by atoms with Crippen molar-refractivity contribution in [2.45, 2.75) is 49.6 Å². The van der Waals surface area contributed by atoms with Gasteiger partial charge in [0.25, 0.3) is 5.91 Å². The summed E-state index contributed by atoms with van der Waals surface area (Å²) in [6, 6.07) is 25.6. The van der Waals surface area contributed by atoms with Crippen molar-refractivity contribution in [2.75, 3.05) is 6.54 Å². The molecule has 1 heterocycles. The minimum Gasteiger partial charge on any atom is -0.346 e. The summed E-state index contributed by atoms with van der Waals surface area (Å²) < 4.78 is 78.6. The van der Waals surface area contributed by atoms with Gasteiger partial charge in [-0.25, -0.2) is 4.99 Å². The molecule has 0 spiro atoms. The summed E-state index contributed by atoms with van der Waals surface area (Å²) >= 11 is 0. The van der Waals surface area contributed by atoms with Crippen molar-refractivity contribution in [1.82, 2.24) is 10.6 Å². The molecule has 0 aromatic heterocycles. The smallest absolute Gasteiger partial charge is 0.346 e. The van der Waals surface area contributed by atoms with Crippen LogP contribution in [0.25, 0.3) is 22.3 Å². The molecule has 1 aliphatic heterocycles. The van der Waals surface area contributed by atoms with E-state index in [2.05, 4.69) is 20.6 Å². The molecule has 0 radical (unpaired) electrons. The van der Waals surface area contributed by atoms with Crippen LogP contribution in [0.1, 0.15) is 52.7 Å². The number of rotatable bonds is 9. The van der Waals surface area contributed by atoms with Crippen molar-refractivity contribution in [2.24, 2.45) is 9.98 Å². The number of amidine groups is 1. The van der Waals surface area contributed by atoms with Crippen LogP contribution in [-0.2, 0) is 16.4 Å². The normalized spacial score (nSPS) is 16.1. The number of carbonyl (C=O) groups excluding carboxylic acids is 2. The van der Waals surface area contributed by atoms with Gasteiger partial charge >= 0.3 is 12.4 Å². The monoisotopic (exact) mass is 676 g/mol. The average molecular weight is 677 g/mol. The Morgan fingerprint density at radius 1 is 0.735 bits per heavy atom. The minimum atomic E-state index is -4.57. The van der Waals surface area contributed by atoms with E-state index in [0.717, 1.165) is 23.3 Å². The van der Waals surface area contributed by atoms with Crippen molar-refractivity contribution in [3.8, 4) is 22.3 Å². The first-order valence-corrected chi connectivity index (χ1v) is 15.6. The van der Waals surface area contributed by atoms with E-state index in [1.54, 1.807) is 48.5 Å². The number of unbranched alkanes of at least 4 members (excludes halogenated alkanes) is 1. The summed E-state index contributed by atoms with van der Waals surface area (Å²) in [5.74, 6) is -0.994. The van der Waals surface area contributed by atoms with Crippen molar-refractivity contribution >= 4 is 23.9 Å². The lowest BCUT2D eigenvalue weighted by atomic mass is 9.73. The van der Waals surface area contributed by atoms with Crippen molar-refractivity contribution in [3.05, 3.63) is 119 Å². The average Bonchev–Trinajstić information content (AvgIpc) is 3.65. The van der Waals surface area contributed by atoms with Gasteiger partial charge in [-0.3, -0.25) is 14.6 Å². The number of fused-ring (bicyclic) bond motifs is 3. The van der Waals surface area contributed by atoms with E-state index >= 15 is 0 Å². The number of carbonyl (C=O) groups is 2. The highest BCUT2D eigenvalue weighted by Gasteiger charge is 2.49. The molecule has 2 amide bonds. The summed E-state index contributed by atoms with van der Waals surface area (Å²) in [6.07, 6.45) is -6.39. The highest BCUT2D eigenvalue weighted by atomic mass is 19.4. The van der Waals surface area contributed by atoms with Crippen molar-refractivity contribution in [3.63, 3.8) is 0 Å². The van der Waals surface area contributed by atoms with Crippen LogP contribution < -0.4 is 10.6 Å². The Bertz CT molecular complexity index is 1890. The zero-order valence-corrected chi connectivity index (χ0v) is 25.9. The van der Waals surface area contributed by atoms with Crippen LogP contribution in [0.15, 0.2) is 107 Å². The summed E-state index contributed by atoms with van der Waals surface area (Å²) in [4.78, 5) is 35.7. The van der Waals surface area contributed by atoms with Gasteiger partial charge in [0, 0.05) is 5.56 Å². The Morgan fingerprint density at radius 2 is 1.33 bits per heavy atom. The molecular formula is C37H30F6N4O2. The fourth-order valence-electron chi connectivity index (χ4n) is 6.54. The highest BCUT2D eigenvalue weighted by Crippen LogP contribution is 2.51. The highest BCUT2D eigenvalue weighted by molar-refractivity contribution is 6.35. The molecule has 252 valence electrons. The molecule has 0 fully saturated rings. The fraction of sp³-hybridized carbons (Fsp3) is 0.243. The number of aliphatic imine (C=N–C) groups is 2. The van der Waals surface area contributed by atoms with E-state index in [9.17, 15) is 35.9 Å². The zero-order chi connectivity index (χ0) is 34.8. The van der Waals surface area contributed by atoms with Gasteiger partial charge in [0.05, 0.1) is 11.8 Å². The van der Waals surface area contributed by atoms with Gasteiger partial charge in [0.2, 0.25) is 5.91 Å². The summed E-state index contributed by atoms with van der Waals surface area (Å²) in [7, 11) is 0. The van der Waals surface area contributed by atoms with Crippen LogP contribution in [0.3, 0.4) is 0 Å². The molecule has 4 aromatic rings. The van der Waals surface area contributed by atoms with E-state index in [-0.39, 0.29) is 17.8 Å². The second-order valence-electron chi connectivity index (χ2n) is 11.9. The Balaban J connectivity index is 1.12. The first kappa shape index (κ1) is 33.6. The lowest BCUT2D eigenvalue weighted by Crippen LogP contribution is -2.47. The largest absolute Gasteiger partial charge is 0.416 e. The maximum Gasteiger partial charge on any atom is 0.416 e. The Labute approximate surface area is 278 Å². The molecule has 1 aliphatic carbocycles. The summed E-state index contributed by atoms with van der Waals surface area (Å²) in [6.45, 7) is -1.44. The van der Waals surface area contributed by atoms with Gasteiger partial charge in [-0.2, -0.15) is 26.3 Å². The zero-order valence-electron chi connectivity index (χ0n) is 25.9. The van der Waals surface area contributed by atoms with Gasteiger partial charge in [0.15, 0.2) is 0 Å². The lowest BCUT2D eigenvalue weighted by molar-refractivity contribution is -0.141. The predicted octanol–water partition coefficient (Wildman–Crippen LogP) is 8.12. The second-order valence-corrected chi connectivity index (χ2v) is 11.9. The lowest BCUT2D eigenvalue weighted by Gasteiger charge is -2.31. The number of alkyl halides is 6. The molecule has 49 heavy (non-hydrogen) atoms. The topological polar surface area (TPSA) is 82.9 Å². The van der Waals surface area contributed by atoms with Crippen LogP contribution in [0.5, 0.6) is 0 Å². The van der Waals surface area contributed by atoms with E-state index in [4.69, 9.17) is 0 Å². The second kappa shape index (κ2) is 13.3. The van der Waals surface area contributed by atoms with Crippen LogP contribution in [0.4, 0.5) is 26.3 Å². The number of nitrogens with one attached hydrogen (secondary N) is 2. The molecule has 4 aromatic carbocycles. The Hall–Kier alpha value is -5.26. The van der Waals surface area contributed by atoms with Gasteiger partial charge in [-0.05, 0) is 70.8 Å². The molecule has 1 atom stereocenters. The van der Waals surface area contributed by atoms with Crippen molar-refractivity contribution < 1.29 is 35.9 Å². The van der Waals surface area contributed by atoms with Gasteiger partial charge < -0.3 is 10.6 Å². The maximum atomic E-state index is 13.7. The van der Waals surface area contributed by atoms with Crippen molar-refractivity contribution in [1.29, 1.82) is 0 Å². The number of amides is 2. The van der Waals surface area contributed by atoms with Crippen LogP contribution in [0, 0.1) is 0 Å². The molecule has 6 rings (SSSR count). The van der Waals surface area contributed by atoms with Crippen LogP contribution >= 0.6 is 0 Å². The van der Waals surface area contributed by atoms with Gasteiger partial charge in [-0.15, -0.1) is 0 Å². The molecule has 2 N–H and O–H groups in total. The van der Waals surface area contributed by atoms with Crippen LogP contribution in [-0.4, -0.2) is 42.8 Å². The molecule has 0 saturated heterocycles. The first-order valence-electron chi connectivity index (χ1n) is 15.6. The standard InChI is InChI=1S/C37H30F6N4O2/c38-36(39,40)22-45-34(49)35(29-13-5-3-10-26(29)27-11-4-6-14-30(27)35)20-8-7-15-31-44-21-32(46-31)47-33(48)28-12-2-1-9-25(28)23-16-18-24(19-17-23)37(41,42)43/h1-6,9-14,16-19,21,31H,7-8,15,20,22H2,(H,45,49)(H,46,47,48). The molecule has 0 bridgehead atoms. The van der Waals surface area contributed by atoms with Gasteiger partial charge in [-0.1, -0.05) is 85.3 Å². The number of hydrogen-bond donors (Lipinski definition) is 2. The molecule has 1 unspecified atom stereocenters. The fourth-order valence-corrected chi connectivity index (χ4v) is 6.54. The third-order valence-electron chi connectivity index (χ3n) is 8.76. The SMILES string of the molecule is O=C(NC1=NC(CCCCC2(C(=O)NCC(F)(F)F)c3ccccc3-c3ccccc32)N=C1)c1ccccc1-c1ccc(C(F)(F)F)cc1. The van der Waals surface area contributed by atoms with Gasteiger partial charge in [0.1, 0.15) is 24.0 Å². The number of nitrogens with zero attached hydrogens (tertiary/aromatic N) is 2. The number of hydrogen-bond acceptors (Lipinski definition) is 4. The Kier molecular flexibility index (Phi) is 9.15. The predicted molar refractivity (Wildman–Crippen MR) is 174 cm³/mol. The van der Waals surface area contributed by atoms with Crippen LogP contribution in [0.2, 0.25) is 0 Å². The molecule has 6 nitrogen and oxygen atoms in total. The summed E-state index contributed by atoms with van der Waals surface area (Å²) in [5, 5.41) is 4.85. The van der Waals surface area contributed by atoms with E-state index in [1.807, 2.05) is 24.3 Å². The quantitative estimate of drug-likeness (QED) is 0.139. The molecule has 2 aliphatic rings. The van der Waals surface area contributed by atoms with E-state index in [1.165, 1.54) is 18.3 Å². The van der Waals surface area contributed by atoms with E-state index < -0.39 is 47.9 Å². The molecule has 0 saturated carbocycles. The minimum absolute atomic E-state index is 0.221.